The summed E-state index contributed by atoms with van der Waals surface area (Å²) in [7, 11) is 0. The van der Waals surface area contributed by atoms with Crippen molar-refractivity contribution in [3.05, 3.63) is 38.2 Å². The van der Waals surface area contributed by atoms with E-state index in [0.29, 0.717) is 18.9 Å². The van der Waals surface area contributed by atoms with E-state index in [4.69, 9.17) is 5.73 Å². The highest BCUT2D eigenvalue weighted by atomic mass is 32.1. The topological polar surface area (TPSA) is 98.2 Å². The van der Waals surface area contributed by atoms with E-state index in [1.165, 1.54) is 16.6 Å². The second kappa shape index (κ2) is 4.47. The van der Waals surface area contributed by atoms with E-state index in [9.17, 15) is 10.1 Å². The third-order valence-corrected chi connectivity index (χ3v) is 4.10. The zero-order valence-corrected chi connectivity index (χ0v) is 10.8. The van der Waals surface area contributed by atoms with Crippen molar-refractivity contribution in [1.82, 2.24) is 9.97 Å². The van der Waals surface area contributed by atoms with Crippen LogP contribution in [0.3, 0.4) is 0 Å². The number of anilines is 2. The summed E-state index contributed by atoms with van der Waals surface area (Å²) in [6, 6.07) is 2.04. The molecule has 2 N–H and O–H groups in total. The molecule has 0 saturated carbocycles. The highest BCUT2D eigenvalue weighted by Crippen LogP contribution is 2.31. The smallest absolute Gasteiger partial charge is 0.329 e. The maximum Gasteiger partial charge on any atom is 0.329 e. The standard InChI is InChI=1S/C11H11N5O2S/c12-11-13-5-8(16(17)18)10(14-11)15-3-1-9-7(6-15)2-4-19-9/h2,4-5H,1,3,6H2,(H2,12,13,14). The first-order valence-corrected chi connectivity index (χ1v) is 6.60. The lowest BCUT2D eigenvalue weighted by molar-refractivity contribution is -0.384. The Kier molecular flexibility index (Phi) is 2.79. The Balaban J connectivity index is 1.99. The van der Waals surface area contributed by atoms with Crippen LogP contribution in [-0.4, -0.2) is 21.4 Å². The molecule has 19 heavy (non-hydrogen) atoms. The van der Waals surface area contributed by atoms with Gasteiger partial charge in [0.2, 0.25) is 11.8 Å². The Bertz CT molecular complexity index is 642. The Morgan fingerprint density at radius 3 is 3.16 bits per heavy atom. The lowest BCUT2D eigenvalue weighted by Crippen LogP contribution is -2.31. The average molecular weight is 277 g/mol. The molecular formula is C11H11N5O2S. The molecule has 7 nitrogen and oxygen atoms in total. The van der Waals surface area contributed by atoms with Crippen LogP contribution in [0.25, 0.3) is 0 Å². The van der Waals surface area contributed by atoms with Crippen molar-refractivity contribution in [2.45, 2.75) is 13.0 Å². The number of nitrogens with two attached hydrogens (primary N) is 1. The molecule has 0 aliphatic carbocycles. The summed E-state index contributed by atoms with van der Waals surface area (Å²) in [6.07, 6.45) is 2.04. The van der Waals surface area contributed by atoms with Gasteiger partial charge in [0.05, 0.1) is 4.92 Å². The average Bonchev–Trinajstić information content (AvgIpc) is 2.85. The normalized spacial score (nSPS) is 14.2. The number of nitrogens with zero attached hydrogens (tertiary/aromatic N) is 4. The van der Waals surface area contributed by atoms with Gasteiger partial charge in [-0.05, 0) is 23.4 Å². The molecule has 3 heterocycles. The van der Waals surface area contributed by atoms with Gasteiger partial charge in [-0.2, -0.15) is 4.98 Å². The van der Waals surface area contributed by atoms with Crippen LogP contribution in [0.5, 0.6) is 0 Å². The predicted molar refractivity (Wildman–Crippen MR) is 72.2 cm³/mol. The first kappa shape index (κ1) is 11.8. The molecule has 2 aromatic rings. The predicted octanol–water partition coefficient (Wildman–Crippen LogP) is 1.59. The summed E-state index contributed by atoms with van der Waals surface area (Å²) in [4.78, 5) is 21.5. The third-order valence-electron chi connectivity index (χ3n) is 3.07. The van der Waals surface area contributed by atoms with Gasteiger partial charge in [0.15, 0.2) is 0 Å². The van der Waals surface area contributed by atoms with Crippen LogP contribution in [0.4, 0.5) is 17.5 Å². The molecular weight excluding hydrogens is 266 g/mol. The van der Waals surface area contributed by atoms with Gasteiger partial charge in [0, 0.05) is 18.0 Å². The Labute approximate surface area is 112 Å². The van der Waals surface area contributed by atoms with Crippen LogP contribution in [0, 0.1) is 10.1 Å². The molecule has 0 bridgehead atoms. The number of thiophene rings is 1. The highest BCUT2D eigenvalue weighted by molar-refractivity contribution is 7.10. The van der Waals surface area contributed by atoms with Gasteiger partial charge in [-0.25, -0.2) is 4.98 Å². The molecule has 3 rings (SSSR count). The number of rotatable bonds is 2. The first-order chi connectivity index (χ1) is 9.15. The molecule has 0 amide bonds. The number of hydrogen-bond acceptors (Lipinski definition) is 7. The van der Waals surface area contributed by atoms with Crippen LogP contribution in [0.1, 0.15) is 10.4 Å². The SMILES string of the molecule is Nc1ncc([N+](=O)[O-])c(N2CCc3sccc3C2)n1. The van der Waals surface area contributed by atoms with Crippen LogP contribution in [0.2, 0.25) is 0 Å². The minimum Gasteiger partial charge on any atom is -0.368 e. The van der Waals surface area contributed by atoms with Crippen molar-refractivity contribution in [2.75, 3.05) is 17.2 Å². The van der Waals surface area contributed by atoms with E-state index in [2.05, 4.69) is 9.97 Å². The van der Waals surface area contributed by atoms with Crippen LogP contribution in [-0.2, 0) is 13.0 Å². The van der Waals surface area contributed by atoms with E-state index in [0.717, 1.165) is 6.42 Å². The second-order valence-electron chi connectivity index (χ2n) is 4.23. The van der Waals surface area contributed by atoms with Gasteiger partial charge >= 0.3 is 5.69 Å². The lowest BCUT2D eigenvalue weighted by Gasteiger charge is -2.27. The molecule has 0 spiro atoms. The van der Waals surface area contributed by atoms with Gasteiger partial charge in [0.1, 0.15) is 6.20 Å². The van der Waals surface area contributed by atoms with Crippen molar-refractivity contribution in [3.8, 4) is 0 Å². The van der Waals surface area contributed by atoms with Crippen molar-refractivity contribution in [2.24, 2.45) is 0 Å². The van der Waals surface area contributed by atoms with E-state index in [-0.39, 0.29) is 11.6 Å². The maximum atomic E-state index is 11.0. The zero-order valence-electron chi connectivity index (χ0n) is 9.94. The number of nitro groups is 1. The van der Waals surface area contributed by atoms with Gasteiger partial charge < -0.3 is 10.6 Å². The summed E-state index contributed by atoms with van der Waals surface area (Å²) in [5, 5.41) is 13.1. The zero-order chi connectivity index (χ0) is 13.4. The van der Waals surface area contributed by atoms with Crippen LogP contribution in [0.15, 0.2) is 17.6 Å². The summed E-state index contributed by atoms with van der Waals surface area (Å²) >= 11 is 1.72. The molecule has 98 valence electrons. The highest BCUT2D eigenvalue weighted by Gasteiger charge is 2.26. The molecule has 0 unspecified atom stereocenters. The number of hydrogen-bond donors (Lipinski definition) is 1. The van der Waals surface area contributed by atoms with Crippen molar-refractivity contribution in [1.29, 1.82) is 0 Å². The molecule has 1 aliphatic heterocycles. The van der Waals surface area contributed by atoms with Crippen LogP contribution < -0.4 is 10.6 Å². The second-order valence-corrected chi connectivity index (χ2v) is 5.24. The van der Waals surface area contributed by atoms with Gasteiger partial charge in [-0.3, -0.25) is 10.1 Å². The van der Waals surface area contributed by atoms with Crippen molar-refractivity contribution < 1.29 is 4.92 Å². The molecule has 0 radical (unpaired) electrons. The molecule has 2 aromatic heterocycles. The van der Waals surface area contributed by atoms with Gasteiger partial charge in [-0.15, -0.1) is 11.3 Å². The van der Waals surface area contributed by atoms with E-state index in [1.807, 2.05) is 16.3 Å². The number of fused-ring (bicyclic) bond motifs is 1. The summed E-state index contributed by atoms with van der Waals surface area (Å²) < 4.78 is 0. The fraction of sp³-hybridized carbons (Fsp3) is 0.273. The lowest BCUT2D eigenvalue weighted by atomic mass is 10.1. The number of aromatic nitrogens is 2. The summed E-state index contributed by atoms with van der Waals surface area (Å²) in [6.45, 7) is 1.32. The fourth-order valence-corrected chi connectivity index (χ4v) is 3.06. The molecule has 0 fully saturated rings. The minimum absolute atomic E-state index is 0.0525. The Morgan fingerprint density at radius 1 is 1.53 bits per heavy atom. The molecule has 0 atom stereocenters. The Morgan fingerprint density at radius 2 is 2.37 bits per heavy atom. The van der Waals surface area contributed by atoms with E-state index in [1.54, 1.807) is 11.3 Å². The maximum absolute atomic E-state index is 11.0. The molecule has 0 aromatic carbocycles. The van der Waals surface area contributed by atoms with Crippen molar-refractivity contribution >= 4 is 28.8 Å². The monoisotopic (exact) mass is 277 g/mol. The largest absolute Gasteiger partial charge is 0.368 e. The summed E-state index contributed by atoms with van der Waals surface area (Å²) in [5.41, 5.74) is 6.63. The van der Waals surface area contributed by atoms with Crippen LogP contribution >= 0.6 is 11.3 Å². The first-order valence-electron chi connectivity index (χ1n) is 5.72. The molecule has 1 aliphatic rings. The van der Waals surface area contributed by atoms with Gasteiger partial charge in [0.25, 0.3) is 0 Å². The van der Waals surface area contributed by atoms with Crippen molar-refractivity contribution in [3.63, 3.8) is 0 Å². The number of nitrogen functional groups attached to an aromatic ring is 1. The minimum atomic E-state index is -0.474. The molecule has 0 saturated heterocycles. The fourth-order valence-electron chi connectivity index (χ4n) is 2.17. The quantitative estimate of drug-likeness (QED) is 0.661. The summed E-state index contributed by atoms with van der Waals surface area (Å²) in [5.74, 6) is 0.353. The molecule has 8 heteroatoms. The van der Waals surface area contributed by atoms with E-state index < -0.39 is 4.92 Å². The third kappa shape index (κ3) is 2.10. The van der Waals surface area contributed by atoms with E-state index >= 15 is 0 Å². The van der Waals surface area contributed by atoms with Gasteiger partial charge in [-0.1, -0.05) is 0 Å². The Hall–Kier alpha value is -2.22.